The highest BCUT2D eigenvalue weighted by Gasteiger charge is 2.26. The SMILES string of the molecule is CC(C)(C)OC(=O)N1CCC(CCc2cc3sc(C=O)cc3s2)CC1.CCOC(C)OCC.OCCO. The summed E-state index contributed by atoms with van der Waals surface area (Å²) in [5.74, 6) is 0.671. The van der Waals surface area contributed by atoms with E-state index in [9.17, 15) is 9.59 Å². The molecule has 212 valence electrons. The van der Waals surface area contributed by atoms with E-state index in [1.165, 1.54) is 14.3 Å². The minimum absolute atomic E-state index is 0.0370. The highest BCUT2D eigenvalue weighted by Crippen LogP contribution is 2.34. The smallest absolute Gasteiger partial charge is 0.410 e. The lowest BCUT2D eigenvalue weighted by molar-refractivity contribution is -0.123. The Labute approximate surface area is 229 Å². The third-order valence-electron chi connectivity index (χ3n) is 5.36. The Hall–Kier alpha value is -1.56. The largest absolute Gasteiger partial charge is 0.444 e. The van der Waals surface area contributed by atoms with Gasteiger partial charge in [-0.2, -0.15) is 0 Å². The van der Waals surface area contributed by atoms with E-state index < -0.39 is 5.60 Å². The van der Waals surface area contributed by atoms with Crippen molar-refractivity contribution >= 4 is 44.5 Å². The van der Waals surface area contributed by atoms with Crippen LogP contribution in [-0.2, 0) is 20.6 Å². The molecule has 1 saturated heterocycles. The maximum atomic E-state index is 12.1. The Morgan fingerprint density at radius 3 is 2.11 bits per heavy atom. The number of hydrogen-bond donors (Lipinski definition) is 2. The third-order valence-corrected chi connectivity index (χ3v) is 7.64. The van der Waals surface area contributed by atoms with Crippen molar-refractivity contribution in [3.05, 3.63) is 21.9 Å². The first-order valence-corrected chi connectivity index (χ1v) is 14.6. The molecule has 0 saturated carbocycles. The summed E-state index contributed by atoms with van der Waals surface area (Å²) in [5, 5.41) is 15.2. The van der Waals surface area contributed by atoms with Crippen LogP contribution in [0.1, 0.15) is 75.4 Å². The third kappa shape index (κ3) is 13.7. The van der Waals surface area contributed by atoms with Crippen LogP contribution in [0.15, 0.2) is 12.1 Å². The molecular formula is C27H45NO7S2. The lowest BCUT2D eigenvalue weighted by Crippen LogP contribution is -2.41. The number of carbonyl (C=O) groups is 2. The number of rotatable bonds is 9. The molecule has 0 aliphatic carbocycles. The molecule has 0 aromatic carbocycles. The molecule has 8 nitrogen and oxygen atoms in total. The van der Waals surface area contributed by atoms with Gasteiger partial charge in [0.1, 0.15) is 5.60 Å². The Balaban J connectivity index is 0.000000478. The molecule has 10 heteroatoms. The van der Waals surface area contributed by atoms with Gasteiger partial charge in [0.25, 0.3) is 0 Å². The van der Waals surface area contributed by atoms with Crippen molar-refractivity contribution in [2.75, 3.05) is 39.5 Å². The van der Waals surface area contributed by atoms with Gasteiger partial charge in [-0.3, -0.25) is 4.79 Å². The van der Waals surface area contributed by atoms with Crippen LogP contribution in [0.25, 0.3) is 9.40 Å². The fourth-order valence-electron chi connectivity index (χ4n) is 3.68. The normalized spacial score (nSPS) is 14.1. The number of aryl methyl sites for hydroxylation is 1. The van der Waals surface area contributed by atoms with Crippen molar-refractivity contribution in [1.82, 2.24) is 4.90 Å². The van der Waals surface area contributed by atoms with Gasteiger partial charge in [-0.05, 0) is 85.3 Å². The topological polar surface area (TPSA) is 106 Å². The van der Waals surface area contributed by atoms with Gasteiger partial charge >= 0.3 is 6.09 Å². The van der Waals surface area contributed by atoms with Gasteiger partial charge in [0.2, 0.25) is 0 Å². The van der Waals surface area contributed by atoms with Crippen molar-refractivity contribution in [1.29, 1.82) is 0 Å². The Kier molecular flexibility index (Phi) is 16.2. The lowest BCUT2D eigenvalue weighted by atomic mass is 9.92. The molecule has 2 aromatic rings. The molecule has 0 radical (unpaired) electrons. The zero-order valence-corrected chi connectivity index (χ0v) is 24.8. The van der Waals surface area contributed by atoms with Crippen molar-refractivity contribution in [3.8, 4) is 0 Å². The van der Waals surface area contributed by atoms with E-state index >= 15 is 0 Å². The molecule has 1 aliphatic rings. The summed E-state index contributed by atoms with van der Waals surface area (Å²) in [7, 11) is 0. The Morgan fingerprint density at radius 1 is 1.08 bits per heavy atom. The number of aldehydes is 1. The minimum atomic E-state index is -0.427. The van der Waals surface area contributed by atoms with E-state index in [0.29, 0.717) is 5.92 Å². The summed E-state index contributed by atoms with van der Waals surface area (Å²) in [6, 6.07) is 4.22. The summed E-state index contributed by atoms with van der Waals surface area (Å²) in [5.41, 5.74) is -0.427. The number of likely N-dealkylation sites (tertiary alicyclic amines) is 1. The monoisotopic (exact) mass is 559 g/mol. The molecule has 0 bridgehead atoms. The highest BCUT2D eigenvalue weighted by atomic mass is 32.1. The van der Waals surface area contributed by atoms with Crippen LogP contribution in [0, 0.1) is 5.92 Å². The summed E-state index contributed by atoms with van der Waals surface area (Å²) >= 11 is 3.37. The summed E-state index contributed by atoms with van der Waals surface area (Å²) in [6.45, 7) is 14.3. The average Bonchev–Trinajstić information content (AvgIpc) is 3.41. The van der Waals surface area contributed by atoms with Crippen LogP contribution in [0.4, 0.5) is 4.79 Å². The molecule has 0 atom stereocenters. The van der Waals surface area contributed by atoms with Gasteiger partial charge in [-0.15, -0.1) is 22.7 Å². The van der Waals surface area contributed by atoms with Gasteiger partial charge in [0.15, 0.2) is 12.6 Å². The molecule has 1 fully saturated rings. The van der Waals surface area contributed by atoms with E-state index in [4.69, 9.17) is 24.4 Å². The Morgan fingerprint density at radius 2 is 1.65 bits per heavy atom. The number of thiophene rings is 2. The van der Waals surface area contributed by atoms with E-state index in [-0.39, 0.29) is 25.6 Å². The molecule has 1 amide bonds. The first-order chi connectivity index (χ1) is 17.6. The van der Waals surface area contributed by atoms with E-state index in [2.05, 4.69) is 6.07 Å². The number of fused-ring (bicyclic) bond motifs is 1. The zero-order valence-electron chi connectivity index (χ0n) is 23.2. The van der Waals surface area contributed by atoms with Crippen LogP contribution in [-0.4, -0.2) is 78.9 Å². The molecular weight excluding hydrogens is 514 g/mol. The quantitative estimate of drug-likeness (QED) is 0.298. The number of hydrogen-bond acceptors (Lipinski definition) is 9. The number of nitrogens with zero attached hydrogens (tertiary/aromatic N) is 1. The number of piperidine rings is 1. The highest BCUT2D eigenvalue weighted by molar-refractivity contribution is 7.28. The van der Waals surface area contributed by atoms with Crippen LogP contribution < -0.4 is 0 Å². The van der Waals surface area contributed by atoms with E-state index in [1.807, 2.05) is 52.5 Å². The lowest BCUT2D eigenvalue weighted by Gasteiger charge is -2.33. The Bertz CT molecular complexity index is 859. The second-order valence-corrected chi connectivity index (χ2v) is 11.9. The molecule has 2 aromatic heterocycles. The van der Waals surface area contributed by atoms with Gasteiger partial charge in [0, 0.05) is 40.6 Å². The van der Waals surface area contributed by atoms with E-state index in [1.54, 1.807) is 22.7 Å². The van der Waals surface area contributed by atoms with Crippen molar-refractivity contribution < 1.29 is 34.0 Å². The summed E-state index contributed by atoms with van der Waals surface area (Å²) < 4.78 is 18.0. The molecule has 0 unspecified atom stereocenters. The predicted octanol–water partition coefficient (Wildman–Crippen LogP) is 5.73. The van der Waals surface area contributed by atoms with Crippen LogP contribution >= 0.6 is 22.7 Å². The molecule has 3 rings (SSSR count). The molecule has 0 spiro atoms. The maximum absolute atomic E-state index is 12.1. The second-order valence-electron chi connectivity index (χ2n) is 9.58. The number of ether oxygens (including phenoxy) is 3. The van der Waals surface area contributed by atoms with Gasteiger partial charge < -0.3 is 29.3 Å². The van der Waals surface area contributed by atoms with E-state index in [0.717, 1.165) is 63.1 Å². The first-order valence-electron chi connectivity index (χ1n) is 13.0. The van der Waals surface area contributed by atoms with Crippen molar-refractivity contribution in [2.24, 2.45) is 5.92 Å². The number of aliphatic hydroxyl groups is 2. The number of aliphatic hydroxyl groups excluding tert-OH is 2. The second kappa shape index (κ2) is 17.9. The summed E-state index contributed by atoms with van der Waals surface area (Å²) in [6.07, 6.45) is 5.05. The molecule has 1 aliphatic heterocycles. The molecule has 37 heavy (non-hydrogen) atoms. The predicted molar refractivity (Wildman–Crippen MR) is 151 cm³/mol. The maximum Gasteiger partial charge on any atom is 0.410 e. The minimum Gasteiger partial charge on any atom is -0.444 e. The van der Waals surface area contributed by atoms with Gasteiger partial charge in [-0.1, -0.05) is 0 Å². The standard InChI is InChI=1S/C19H25NO3S2.C6H14O2.C2H6O2/c1-19(2,3)23-18(22)20-8-6-13(7-9-20)4-5-14-10-16-17(24-14)11-15(12-21)25-16;1-4-7-6(3)8-5-2;3-1-2-4/h10-13H,4-9H2,1-3H3;6H,4-5H2,1-3H3;3-4H,1-2H2. The zero-order chi connectivity index (χ0) is 27.8. The summed E-state index contributed by atoms with van der Waals surface area (Å²) in [4.78, 5) is 27.0. The molecule has 2 N–H and O–H groups in total. The molecule has 3 heterocycles. The van der Waals surface area contributed by atoms with Crippen molar-refractivity contribution in [2.45, 2.75) is 79.1 Å². The average molecular weight is 560 g/mol. The van der Waals surface area contributed by atoms with Gasteiger partial charge in [-0.25, -0.2) is 4.79 Å². The van der Waals surface area contributed by atoms with Crippen LogP contribution in [0.2, 0.25) is 0 Å². The first kappa shape index (κ1) is 33.5. The van der Waals surface area contributed by atoms with Crippen LogP contribution in [0.3, 0.4) is 0 Å². The van der Waals surface area contributed by atoms with Gasteiger partial charge in [0.05, 0.1) is 18.1 Å². The number of carbonyl (C=O) groups excluding carboxylic acids is 2. The fraction of sp³-hybridized carbons (Fsp3) is 0.704. The number of amides is 1. The fourth-order valence-corrected chi connectivity index (χ4v) is 5.94. The van der Waals surface area contributed by atoms with Crippen LogP contribution in [0.5, 0.6) is 0 Å². The van der Waals surface area contributed by atoms with Crippen molar-refractivity contribution in [3.63, 3.8) is 0 Å².